The van der Waals surface area contributed by atoms with Crippen LogP contribution < -0.4 is 20.1 Å². The highest BCUT2D eigenvalue weighted by Crippen LogP contribution is 2.17. The Balaban J connectivity index is 0.00000312. The Morgan fingerprint density at radius 2 is 1.84 bits per heavy atom. The quantitative estimate of drug-likeness (QED) is 0.264. The molecule has 25 heavy (non-hydrogen) atoms. The largest absolute Gasteiger partial charge is 0.497 e. The summed E-state index contributed by atoms with van der Waals surface area (Å²) in [6, 6.07) is 9.70. The molecule has 0 saturated heterocycles. The summed E-state index contributed by atoms with van der Waals surface area (Å²) in [6.45, 7) is 6.94. The number of aryl methyl sites for hydroxylation is 1. The van der Waals surface area contributed by atoms with Crippen LogP contribution in [-0.4, -0.2) is 32.8 Å². The van der Waals surface area contributed by atoms with E-state index in [4.69, 9.17) is 9.47 Å². The molecule has 0 spiro atoms. The lowest BCUT2D eigenvalue weighted by Crippen LogP contribution is -2.39. The van der Waals surface area contributed by atoms with Gasteiger partial charge in [-0.1, -0.05) is 0 Å². The number of aliphatic imine (C=N–C) groups is 1. The van der Waals surface area contributed by atoms with Gasteiger partial charge in [-0.2, -0.15) is 0 Å². The lowest BCUT2D eigenvalue weighted by molar-refractivity contribution is 0.321. The third-order valence-electron chi connectivity index (χ3n) is 3.42. The van der Waals surface area contributed by atoms with Crippen molar-refractivity contribution in [2.45, 2.75) is 20.4 Å². The van der Waals surface area contributed by atoms with Gasteiger partial charge in [0, 0.05) is 11.4 Å². The van der Waals surface area contributed by atoms with E-state index < -0.39 is 0 Å². The molecular formula is C18H26IN3O2S. The van der Waals surface area contributed by atoms with E-state index in [-0.39, 0.29) is 24.0 Å². The molecule has 2 rings (SSSR count). The molecule has 5 nitrogen and oxygen atoms in total. The molecule has 0 bridgehead atoms. The first-order valence-corrected chi connectivity index (χ1v) is 8.93. The van der Waals surface area contributed by atoms with Gasteiger partial charge in [-0.15, -0.1) is 35.3 Å². The Morgan fingerprint density at radius 1 is 1.12 bits per heavy atom. The van der Waals surface area contributed by atoms with E-state index in [1.807, 2.05) is 24.3 Å². The van der Waals surface area contributed by atoms with Gasteiger partial charge in [0.1, 0.15) is 18.1 Å². The molecule has 1 aromatic carbocycles. The molecule has 0 aliphatic carbocycles. The maximum atomic E-state index is 5.70. The lowest BCUT2D eigenvalue weighted by Gasteiger charge is -2.12. The van der Waals surface area contributed by atoms with Crippen LogP contribution >= 0.6 is 35.3 Å². The minimum atomic E-state index is 0. The summed E-state index contributed by atoms with van der Waals surface area (Å²) in [6.07, 6.45) is 0. The average molecular weight is 475 g/mol. The zero-order valence-electron chi connectivity index (χ0n) is 14.9. The van der Waals surface area contributed by atoms with Crippen LogP contribution in [0.3, 0.4) is 0 Å². The summed E-state index contributed by atoms with van der Waals surface area (Å²) in [7, 11) is 1.65. The standard InChI is InChI=1S/C18H25N3O2S.HI/c1-4-19-18(21-13-17-14(2)9-12-24-17)20-10-11-23-16-7-5-15(22-3)6-8-16;/h5-9,12H,4,10-11,13H2,1-3H3,(H2,19,20,21);1H. The molecule has 1 aromatic heterocycles. The molecule has 0 aliphatic rings. The highest BCUT2D eigenvalue weighted by atomic mass is 127. The van der Waals surface area contributed by atoms with E-state index in [0.717, 1.165) is 24.0 Å². The minimum absolute atomic E-state index is 0. The number of methoxy groups -OCH3 is 1. The molecule has 7 heteroatoms. The fraction of sp³-hybridized carbons (Fsp3) is 0.389. The van der Waals surface area contributed by atoms with Crippen LogP contribution in [0.1, 0.15) is 17.4 Å². The molecular weight excluding hydrogens is 449 g/mol. The molecule has 2 N–H and O–H groups in total. The molecule has 0 aliphatic heterocycles. The fourth-order valence-electron chi connectivity index (χ4n) is 2.07. The molecule has 2 aromatic rings. The Hall–Kier alpha value is -1.48. The fourth-order valence-corrected chi connectivity index (χ4v) is 2.90. The number of guanidine groups is 1. The second-order valence-electron chi connectivity index (χ2n) is 5.17. The van der Waals surface area contributed by atoms with Crippen molar-refractivity contribution >= 4 is 41.3 Å². The smallest absolute Gasteiger partial charge is 0.191 e. The zero-order chi connectivity index (χ0) is 17.2. The Kier molecular flexibility index (Phi) is 10.3. The number of hydrogen-bond donors (Lipinski definition) is 2. The van der Waals surface area contributed by atoms with Gasteiger partial charge in [-0.05, 0) is 55.1 Å². The van der Waals surface area contributed by atoms with Crippen molar-refractivity contribution in [2.24, 2.45) is 4.99 Å². The number of benzene rings is 1. The summed E-state index contributed by atoms with van der Waals surface area (Å²) < 4.78 is 10.8. The Bertz CT molecular complexity index is 644. The van der Waals surface area contributed by atoms with Gasteiger partial charge in [-0.25, -0.2) is 4.99 Å². The predicted octanol–water partition coefficient (Wildman–Crippen LogP) is 3.82. The monoisotopic (exact) mass is 475 g/mol. The van der Waals surface area contributed by atoms with Crippen molar-refractivity contribution in [3.05, 3.63) is 46.2 Å². The van der Waals surface area contributed by atoms with Crippen LogP contribution in [0.15, 0.2) is 40.7 Å². The van der Waals surface area contributed by atoms with Crippen molar-refractivity contribution in [3.63, 3.8) is 0 Å². The van der Waals surface area contributed by atoms with Crippen molar-refractivity contribution in [2.75, 3.05) is 26.8 Å². The van der Waals surface area contributed by atoms with E-state index in [1.54, 1.807) is 18.4 Å². The average Bonchev–Trinajstić information content (AvgIpc) is 3.02. The van der Waals surface area contributed by atoms with Crippen LogP contribution in [0.4, 0.5) is 0 Å². The molecule has 0 unspecified atom stereocenters. The summed E-state index contributed by atoms with van der Waals surface area (Å²) >= 11 is 1.74. The number of nitrogens with one attached hydrogen (secondary N) is 2. The van der Waals surface area contributed by atoms with Crippen LogP contribution in [0.2, 0.25) is 0 Å². The molecule has 0 radical (unpaired) electrons. The number of rotatable bonds is 8. The van der Waals surface area contributed by atoms with E-state index in [0.29, 0.717) is 19.7 Å². The van der Waals surface area contributed by atoms with Crippen molar-refractivity contribution in [1.29, 1.82) is 0 Å². The van der Waals surface area contributed by atoms with Crippen LogP contribution in [0, 0.1) is 6.92 Å². The zero-order valence-corrected chi connectivity index (χ0v) is 18.0. The van der Waals surface area contributed by atoms with Gasteiger partial charge in [0.2, 0.25) is 0 Å². The number of thiophene rings is 1. The first kappa shape index (κ1) is 21.6. The topological polar surface area (TPSA) is 54.9 Å². The number of nitrogens with zero attached hydrogens (tertiary/aromatic N) is 1. The molecule has 1 heterocycles. The summed E-state index contributed by atoms with van der Waals surface area (Å²) in [4.78, 5) is 5.91. The summed E-state index contributed by atoms with van der Waals surface area (Å²) in [5, 5.41) is 8.64. The van der Waals surface area contributed by atoms with Crippen molar-refractivity contribution in [3.8, 4) is 11.5 Å². The third-order valence-corrected chi connectivity index (χ3v) is 4.42. The predicted molar refractivity (Wildman–Crippen MR) is 116 cm³/mol. The Morgan fingerprint density at radius 3 is 2.44 bits per heavy atom. The van der Waals surface area contributed by atoms with Gasteiger partial charge >= 0.3 is 0 Å². The van der Waals surface area contributed by atoms with Crippen LogP contribution in [-0.2, 0) is 6.54 Å². The molecule has 138 valence electrons. The van der Waals surface area contributed by atoms with E-state index in [1.165, 1.54) is 10.4 Å². The second kappa shape index (κ2) is 12.0. The van der Waals surface area contributed by atoms with Crippen LogP contribution in [0.5, 0.6) is 11.5 Å². The van der Waals surface area contributed by atoms with E-state index in [9.17, 15) is 0 Å². The van der Waals surface area contributed by atoms with E-state index in [2.05, 4.69) is 40.9 Å². The van der Waals surface area contributed by atoms with Crippen LogP contribution in [0.25, 0.3) is 0 Å². The summed E-state index contributed by atoms with van der Waals surface area (Å²) in [5.41, 5.74) is 1.29. The number of hydrogen-bond acceptors (Lipinski definition) is 4. The van der Waals surface area contributed by atoms with Crippen molar-refractivity contribution < 1.29 is 9.47 Å². The van der Waals surface area contributed by atoms with Gasteiger partial charge in [0.05, 0.1) is 20.2 Å². The van der Waals surface area contributed by atoms with Gasteiger partial charge in [0.25, 0.3) is 0 Å². The molecule has 0 saturated carbocycles. The molecule has 0 atom stereocenters. The van der Waals surface area contributed by atoms with Gasteiger partial charge < -0.3 is 20.1 Å². The Labute approximate surface area is 170 Å². The first-order valence-electron chi connectivity index (χ1n) is 8.05. The highest BCUT2D eigenvalue weighted by Gasteiger charge is 2.01. The maximum Gasteiger partial charge on any atom is 0.191 e. The van der Waals surface area contributed by atoms with Gasteiger partial charge in [0.15, 0.2) is 5.96 Å². The lowest BCUT2D eigenvalue weighted by atomic mass is 10.3. The van der Waals surface area contributed by atoms with Gasteiger partial charge in [-0.3, -0.25) is 0 Å². The summed E-state index contributed by atoms with van der Waals surface area (Å²) in [5.74, 6) is 2.46. The van der Waals surface area contributed by atoms with E-state index >= 15 is 0 Å². The van der Waals surface area contributed by atoms with Crippen molar-refractivity contribution in [1.82, 2.24) is 10.6 Å². The number of halogens is 1. The molecule has 0 fully saturated rings. The normalized spacial score (nSPS) is 10.8. The second-order valence-corrected chi connectivity index (χ2v) is 6.17. The molecule has 0 amide bonds. The first-order chi connectivity index (χ1) is 11.7. The highest BCUT2D eigenvalue weighted by molar-refractivity contribution is 14.0. The maximum absolute atomic E-state index is 5.70. The SMILES string of the molecule is CCNC(=NCc1sccc1C)NCCOc1ccc(OC)cc1.I. The number of ether oxygens (including phenoxy) is 2. The minimum Gasteiger partial charge on any atom is -0.497 e. The third kappa shape index (κ3) is 7.52.